The second kappa shape index (κ2) is 5.82. The van der Waals surface area contributed by atoms with Crippen LogP contribution in [0.3, 0.4) is 0 Å². The van der Waals surface area contributed by atoms with E-state index in [4.69, 9.17) is 4.74 Å². The first kappa shape index (κ1) is 16.3. The molecule has 4 heteroatoms. The third-order valence-electron chi connectivity index (χ3n) is 5.07. The highest BCUT2D eigenvalue weighted by Crippen LogP contribution is 2.42. The van der Waals surface area contributed by atoms with Crippen LogP contribution in [0.5, 0.6) is 11.5 Å². The molecule has 2 atom stereocenters. The quantitative estimate of drug-likeness (QED) is 0.909. The number of ketones is 1. The molecule has 0 unspecified atom stereocenters. The first-order valence-electron chi connectivity index (χ1n) is 8.45. The summed E-state index contributed by atoms with van der Waals surface area (Å²) in [6.07, 6.45) is 2.43. The van der Waals surface area contributed by atoms with Crippen LogP contribution in [0.4, 0.5) is 0 Å². The van der Waals surface area contributed by atoms with Gasteiger partial charge in [-0.1, -0.05) is 20.8 Å². The number of hydrogen-bond donors (Lipinski definition) is 1. The van der Waals surface area contributed by atoms with Gasteiger partial charge < -0.3 is 9.84 Å². The molecule has 1 fully saturated rings. The van der Waals surface area contributed by atoms with Gasteiger partial charge in [0.05, 0.1) is 7.11 Å². The molecular formula is C19H27NO3. The molecule has 0 aliphatic carbocycles. The van der Waals surface area contributed by atoms with Gasteiger partial charge in [-0.3, -0.25) is 9.69 Å². The highest BCUT2D eigenvalue weighted by Gasteiger charge is 2.39. The van der Waals surface area contributed by atoms with Crippen molar-refractivity contribution in [1.29, 1.82) is 0 Å². The van der Waals surface area contributed by atoms with Crippen molar-refractivity contribution < 1.29 is 14.6 Å². The molecule has 2 heterocycles. The van der Waals surface area contributed by atoms with Crippen LogP contribution >= 0.6 is 0 Å². The maximum atomic E-state index is 12.7. The number of hydrogen-bond acceptors (Lipinski definition) is 4. The standard InChI is InChI=1S/C19H27NO3/c1-19(2,3)10-13-11-20-6-5-12-7-17(22)18(23-4)8-14(12)15(20)9-16(13)21/h7-8,13,15,22H,5-6,9-11H2,1-4H3/t13-,15-/m1/s1. The molecule has 0 spiro atoms. The molecule has 1 aromatic carbocycles. The zero-order chi connectivity index (χ0) is 16.8. The van der Waals surface area contributed by atoms with Crippen LogP contribution in [-0.4, -0.2) is 36.0 Å². The fourth-order valence-electron chi connectivity index (χ4n) is 4.05. The number of Topliss-reactive ketones (excluding diaryl/α,β-unsaturated/α-hetero) is 1. The van der Waals surface area contributed by atoms with Gasteiger partial charge in [0, 0.05) is 31.5 Å². The molecule has 23 heavy (non-hydrogen) atoms. The van der Waals surface area contributed by atoms with Crippen LogP contribution in [-0.2, 0) is 11.2 Å². The molecule has 0 saturated carbocycles. The SMILES string of the molecule is COc1cc2c(cc1O)CCN1C[C@@H](CC(C)(C)C)C(=O)C[C@H]21. The van der Waals surface area contributed by atoms with Crippen molar-refractivity contribution >= 4 is 5.78 Å². The van der Waals surface area contributed by atoms with E-state index in [0.29, 0.717) is 18.0 Å². The number of methoxy groups -OCH3 is 1. The Bertz CT molecular complexity index is 618. The van der Waals surface area contributed by atoms with Crippen molar-refractivity contribution in [1.82, 2.24) is 4.90 Å². The highest BCUT2D eigenvalue weighted by atomic mass is 16.5. The monoisotopic (exact) mass is 317 g/mol. The number of phenols is 1. The molecule has 3 rings (SSSR count). The number of carbonyl (C=O) groups is 1. The molecular weight excluding hydrogens is 290 g/mol. The van der Waals surface area contributed by atoms with Gasteiger partial charge in [0.2, 0.25) is 0 Å². The Morgan fingerprint density at radius 3 is 2.74 bits per heavy atom. The molecule has 2 aliphatic rings. The van der Waals surface area contributed by atoms with Gasteiger partial charge in [-0.05, 0) is 41.5 Å². The minimum atomic E-state index is 0.136. The Kier molecular flexibility index (Phi) is 4.13. The van der Waals surface area contributed by atoms with Crippen molar-refractivity contribution in [3.8, 4) is 11.5 Å². The summed E-state index contributed by atoms with van der Waals surface area (Å²) < 4.78 is 5.25. The van der Waals surface area contributed by atoms with Crippen LogP contribution in [0.25, 0.3) is 0 Å². The van der Waals surface area contributed by atoms with E-state index in [1.165, 1.54) is 0 Å². The van der Waals surface area contributed by atoms with Crippen molar-refractivity contribution in [2.24, 2.45) is 11.3 Å². The first-order chi connectivity index (χ1) is 10.8. The predicted octanol–water partition coefficient (Wildman–Crippen LogP) is 3.33. The molecule has 0 aromatic heterocycles. The number of fused-ring (bicyclic) bond motifs is 3. The van der Waals surface area contributed by atoms with E-state index in [9.17, 15) is 9.90 Å². The summed E-state index contributed by atoms with van der Waals surface area (Å²) in [5.74, 6) is 1.20. The zero-order valence-electron chi connectivity index (χ0n) is 14.6. The summed E-state index contributed by atoms with van der Waals surface area (Å²) in [4.78, 5) is 15.1. The number of ether oxygens (including phenoxy) is 1. The summed E-state index contributed by atoms with van der Waals surface area (Å²) in [5.41, 5.74) is 2.47. The molecule has 126 valence electrons. The Morgan fingerprint density at radius 2 is 2.09 bits per heavy atom. The van der Waals surface area contributed by atoms with E-state index in [1.54, 1.807) is 13.2 Å². The lowest BCUT2D eigenvalue weighted by atomic mass is 9.76. The predicted molar refractivity (Wildman–Crippen MR) is 89.9 cm³/mol. The zero-order valence-corrected chi connectivity index (χ0v) is 14.6. The number of aromatic hydroxyl groups is 1. The Balaban J connectivity index is 1.86. The van der Waals surface area contributed by atoms with E-state index < -0.39 is 0 Å². The minimum absolute atomic E-state index is 0.136. The fourth-order valence-corrected chi connectivity index (χ4v) is 4.05. The van der Waals surface area contributed by atoms with Gasteiger partial charge in [-0.15, -0.1) is 0 Å². The lowest BCUT2D eigenvalue weighted by Crippen LogP contribution is -2.47. The number of nitrogens with zero attached hydrogens (tertiary/aromatic N) is 1. The topological polar surface area (TPSA) is 49.8 Å². The Labute approximate surface area is 138 Å². The number of piperidine rings is 1. The fraction of sp³-hybridized carbons (Fsp3) is 0.632. The van der Waals surface area contributed by atoms with Gasteiger partial charge in [0.15, 0.2) is 11.5 Å². The molecule has 1 N–H and O–H groups in total. The summed E-state index contributed by atoms with van der Waals surface area (Å²) in [6.45, 7) is 8.41. The summed E-state index contributed by atoms with van der Waals surface area (Å²) in [7, 11) is 1.56. The average Bonchev–Trinajstić information content (AvgIpc) is 2.46. The van der Waals surface area contributed by atoms with Crippen molar-refractivity contribution in [3.05, 3.63) is 23.3 Å². The van der Waals surface area contributed by atoms with Gasteiger partial charge >= 0.3 is 0 Å². The van der Waals surface area contributed by atoms with Crippen LogP contribution < -0.4 is 4.74 Å². The molecule has 0 radical (unpaired) electrons. The van der Waals surface area contributed by atoms with Gasteiger partial charge in [-0.2, -0.15) is 0 Å². The number of carbonyl (C=O) groups excluding carboxylic acids is 1. The second-order valence-corrected chi connectivity index (χ2v) is 8.12. The maximum absolute atomic E-state index is 12.7. The molecule has 1 aromatic rings. The average molecular weight is 317 g/mol. The number of rotatable bonds is 2. The minimum Gasteiger partial charge on any atom is -0.504 e. The summed E-state index contributed by atoms with van der Waals surface area (Å²) >= 11 is 0. The molecule has 0 amide bonds. The summed E-state index contributed by atoms with van der Waals surface area (Å²) in [5, 5.41) is 9.98. The van der Waals surface area contributed by atoms with Crippen molar-refractivity contribution in [2.45, 2.75) is 46.1 Å². The van der Waals surface area contributed by atoms with E-state index >= 15 is 0 Å². The normalized spacial score (nSPS) is 25.0. The lowest BCUT2D eigenvalue weighted by molar-refractivity contribution is -0.130. The van der Waals surface area contributed by atoms with Crippen LogP contribution in [0.1, 0.15) is 50.8 Å². The number of phenolic OH excluding ortho intramolecular Hbond substituents is 1. The maximum Gasteiger partial charge on any atom is 0.160 e. The molecule has 4 nitrogen and oxygen atoms in total. The third kappa shape index (κ3) is 3.23. The van der Waals surface area contributed by atoms with Crippen LogP contribution in [0.15, 0.2) is 12.1 Å². The smallest absolute Gasteiger partial charge is 0.160 e. The Morgan fingerprint density at radius 1 is 1.35 bits per heavy atom. The first-order valence-corrected chi connectivity index (χ1v) is 8.45. The van der Waals surface area contributed by atoms with E-state index in [2.05, 4.69) is 25.7 Å². The van der Waals surface area contributed by atoms with E-state index in [0.717, 1.165) is 37.1 Å². The summed E-state index contributed by atoms with van der Waals surface area (Å²) in [6, 6.07) is 3.85. The van der Waals surface area contributed by atoms with Crippen molar-refractivity contribution in [2.75, 3.05) is 20.2 Å². The molecule has 0 bridgehead atoms. The van der Waals surface area contributed by atoms with Gasteiger partial charge in [0.25, 0.3) is 0 Å². The largest absolute Gasteiger partial charge is 0.504 e. The lowest BCUT2D eigenvalue weighted by Gasteiger charge is -2.44. The molecule has 1 saturated heterocycles. The van der Waals surface area contributed by atoms with E-state index in [1.807, 2.05) is 6.07 Å². The van der Waals surface area contributed by atoms with Crippen LogP contribution in [0.2, 0.25) is 0 Å². The highest BCUT2D eigenvalue weighted by molar-refractivity contribution is 5.83. The third-order valence-corrected chi connectivity index (χ3v) is 5.07. The van der Waals surface area contributed by atoms with Crippen LogP contribution in [0, 0.1) is 11.3 Å². The van der Waals surface area contributed by atoms with Gasteiger partial charge in [-0.25, -0.2) is 0 Å². The van der Waals surface area contributed by atoms with Gasteiger partial charge in [0.1, 0.15) is 5.78 Å². The second-order valence-electron chi connectivity index (χ2n) is 8.12. The molecule has 2 aliphatic heterocycles. The van der Waals surface area contributed by atoms with Crippen molar-refractivity contribution in [3.63, 3.8) is 0 Å². The van der Waals surface area contributed by atoms with E-state index in [-0.39, 0.29) is 23.1 Å². The number of benzene rings is 1. The Hall–Kier alpha value is -1.55.